The first-order valence-corrected chi connectivity index (χ1v) is 4.49. The molecule has 4 heteroatoms. The highest BCUT2D eigenvalue weighted by Gasteiger charge is 2.30. The van der Waals surface area contributed by atoms with Crippen molar-refractivity contribution in [2.75, 3.05) is 6.61 Å². The first kappa shape index (κ1) is 11.0. The van der Waals surface area contributed by atoms with Crippen molar-refractivity contribution in [2.24, 2.45) is 0 Å². The Balaban J connectivity index is 0.000000980. The molecule has 0 saturated heterocycles. The van der Waals surface area contributed by atoms with E-state index in [-0.39, 0.29) is 18.2 Å². The van der Waals surface area contributed by atoms with Gasteiger partial charge in [-0.15, -0.1) is 12.4 Å². The number of hydrogen-bond donors (Lipinski definition) is 1. The van der Waals surface area contributed by atoms with Gasteiger partial charge in [0.25, 0.3) is 0 Å². The van der Waals surface area contributed by atoms with Gasteiger partial charge in [-0.05, 0) is 18.6 Å². The van der Waals surface area contributed by atoms with Crippen molar-refractivity contribution in [3.8, 4) is 23.0 Å². The lowest BCUT2D eigenvalue weighted by molar-refractivity contribution is 0.306. The molecule has 0 radical (unpaired) electrons. The van der Waals surface area contributed by atoms with Gasteiger partial charge in [-0.25, -0.2) is 0 Å². The van der Waals surface area contributed by atoms with Crippen LogP contribution in [0.4, 0.5) is 0 Å². The third-order valence-corrected chi connectivity index (χ3v) is 1.97. The van der Waals surface area contributed by atoms with Gasteiger partial charge < -0.3 is 14.6 Å². The topological polar surface area (TPSA) is 42.0 Å². The zero-order valence-corrected chi connectivity index (χ0v) is 8.76. The molecular weight excluding hydrogens is 204 g/mol. The number of hydrogen-bond acceptors (Lipinski definition) is 3. The summed E-state index contributed by atoms with van der Waals surface area (Å²) in [5.41, 5.74) is 0. The Morgan fingerprint density at radius 2 is 2.14 bits per heavy atom. The summed E-state index contributed by atoms with van der Waals surface area (Å²) in [6.45, 7) is 2.82. The molecule has 0 spiro atoms. The van der Waals surface area contributed by atoms with E-state index >= 15 is 0 Å². The third kappa shape index (κ3) is 2.04. The van der Waals surface area contributed by atoms with Crippen LogP contribution in [0, 0.1) is 0 Å². The second kappa shape index (κ2) is 4.42. The fraction of sp³-hybridized carbons (Fsp3) is 0.400. The summed E-state index contributed by atoms with van der Waals surface area (Å²) < 4.78 is 10.5. The quantitative estimate of drug-likeness (QED) is 0.631. The summed E-state index contributed by atoms with van der Waals surface area (Å²) in [4.78, 5) is 0. The molecule has 0 amide bonds. The van der Waals surface area contributed by atoms with Gasteiger partial charge in [0.15, 0.2) is 11.5 Å². The van der Waals surface area contributed by atoms with E-state index in [1.54, 1.807) is 12.1 Å². The molecule has 0 aromatic heterocycles. The minimum atomic E-state index is 0. The third-order valence-electron chi connectivity index (χ3n) is 1.97. The summed E-state index contributed by atoms with van der Waals surface area (Å²) >= 11 is 0. The van der Waals surface area contributed by atoms with E-state index in [2.05, 4.69) is 6.92 Å². The Labute approximate surface area is 89.1 Å². The average molecular weight is 217 g/mol. The first-order chi connectivity index (χ1) is 6.33. The second-order valence-corrected chi connectivity index (χ2v) is 3.05. The van der Waals surface area contributed by atoms with E-state index < -0.39 is 0 Å². The molecule has 1 aliphatic heterocycles. The Kier molecular flexibility index (Phi) is 3.47. The number of halogens is 1. The summed E-state index contributed by atoms with van der Waals surface area (Å²) in [5.74, 6) is 2.18. The van der Waals surface area contributed by atoms with Crippen molar-refractivity contribution in [2.45, 2.75) is 19.8 Å². The van der Waals surface area contributed by atoms with Crippen LogP contribution in [0.15, 0.2) is 12.1 Å². The maximum Gasteiger partial charge on any atom is 0.216 e. The highest BCUT2D eigenvalue weighted by atomic mass is 35.5. The van der Waals surface area contributed by atoms with E-state index in [4.69, 9.17) is 9.47 Å². The number of rotatable bonds is 4. The second-order valence-electron chi connectivity index (χ2n) is 3.05. The number of benzene rings is 1. The van der Waals surface area contributed by atoms with Gasteiger partial charge in [-0.3, -0.25) is 0 Å². The van der Waals surface area contributed by atoms with Crippen LogP contribution in [-0.2, 0) is 0 Å². The molecule has 1 aliphatic rings. The van der Waals surface area contributed by atoms with Gasteiger partial charge in [0.2, 0.25) is 11.5 Å². The average Bonchev–Trinajstić information content (AvgIpc) is 2.89. The Morgan fingerprint density at radius 1 is 1.36 bits per heavy atom. The van der Waals surface area contributed by atoms with Gasteiger partial charge in [0.05, 0.1) is 6.61 Å². The largest absolute Gasteiger partial charge is 0.504 e. The summed E-state index contributed by atoms with van der Waals surface area (Å²) in [6.07, 6.45) is 2.15. The van der Waals surface area contributed by atoms with Crippen molar-refractivity contribution < 1.29 is 14.6 Å². The Morgan fingerprint density at radius 3 is 2.86 bits per heavy atom. The van der Waals surface area contributed by atoms with Crippen LogP contribution in [-0.4, -0.2) is 11.7 Å². The van der Waals surface area contributed by atoms with Crippen LogP contribution in [0.25, 0.3) is 0 Å². The first-order valence-electron chi connectivity index (χ1n) is 4.49. The lowest BCUT2D eigenvalue weighted by Crippen LogP contribution is -1.94. The lowest BCUT2D eigenvalue weighted by Gasteiger charge is -2.01. The van der Waals surface area contributed by atoms with E-state index in [0.29, 0.717) is 18.1 Å². The molecule has 14 heavy (non-hydrogen) atoms. The molecule has 78 valence electrons. The van der Waals surface area contributed by atoms with E-state index in [1.807, 2.05) is 0 Å². The van der Waals surface area contributed by atoms with Crippen LogP contribution in [0.1, 0.15) is 19.8 Å². The molecule has 0 unspecified atom stereocenters. The number of phenols is 1. The van der Waals surface area contributed by atoms with Crippen LogP contribution in [0.3, 0.4) is 0 Å². The van der Waals surface area contributed by atoms with Gasteiger partial charge in [0, 0.05) is 0 Å². The van der Waals surface area contributed by atoms with Crippen molar-refractivity contribution >= 4 is 12.4 Å². The predicted molar refractivity (Wildman–Crippen MR) is 55.8 cm³/mol. The smallest absolute Gasteiger partial charge is 0.216 e. The fourth-order valence-electron chi connectivity index (χ4n) is 1.15. The molecule has 1 N–H and O–H groups in total. The SMILES string of the molecule is CCCCOc1ccc(O)c2c1O2.Cl. The summed E-state index contributed by atoms with van der Waals surface area (Å²) in [6, 6.07) is 3.32. The van der Waals surface area contributed by atoms with Crippen molar-refractivity contribution in [3.05, 3.63) is 12.1 Å². The van der Waals surface area contributed by atoms with Crippen molar-refractivity contribution in [1.29, 1.82) is 0 Å². The molecule has 0 saturated carbocycles. The minimum absolute atomic E-state index is 0. The van der Waals surface area contributed by atoms with Crippen LogP contribution in [0.2, 0.25) is 0 Å². The van der Waals surface area contributed by atoms with Crippen LogP contribution >= 0.6 is 12.4 Å². The van der Waals surface area contributed by atoms with E-state index in [0.717, 1.165) is 18.6 Å². The van der Waals surface area contributed by atoms with Gasteiger partial charge in [-0.1, -0.05) is 13.3 Å². The molecule has 1 aromatic rings. The standard InChI is InChI=1S/C10H12O3.ClH/c1-2-3-6-12-8-5-4-7(11)9-10(8)13-9;/h4-5,11H,2-3,6H2,1H3;1H. The summed E-state index contributed by atoms with van der Waals surface area (Å²) in [5, 5.41) is 9.19. The summed E-state index contributed by atoms with van der Waals surface area (Å²) in [7, 11) is 0. The Bertz CT molecular complexity index is 325. The molecule has 0 bridgehead atoms. The van der Waals surface area contributed by atoms with E-state index in [9.17, 15) is 5.11 Å². The van der Waals surface area contributed by atoms with Crippen molar-refractivity contribution in [3.63, 3.8) is 0 Å². The zero-order chi connectivity index (χ0) is 9.26. The Hall–Kier alpha value is -1.09. The number of aromatic hydroxyl groups is 1. The van der Waals surface area contributed by atoms with Gasteiger partial charge in [-0.2, -0.15) is 0 Å². The monoisotopic (exact) mass is 216 g/mol. The number of unbranched alkanes of at least 4 members (excludes halogenated alkanes) is 1. The number of fused-ring (bicyclic) bond motifs is 1. The zero-order valence-electron chi connectivity index (χ0n) is 7.95. The van der Waals surface area contributed by atoms with Gasteiger partial charge in [0.1, 0.15) is 0 Å². The molecule has 0 atom stereocenters. The van der Waals surface area contributed by atoms with Gasteiger partial charge >= 0.3 is 0 Å². The van der Waals surface area contributed by atoms with Crippen LogP contribution in [0.5, 0.6) is 23.0 Å². The molecule has 0 aliphatic carbocycles. The van der Waals surface area contributed by atoms with Crippen LogP contribution < -0.4 is 9.47 Å². The highest BCUT2D eigenvalue weighted by molar-refractivity contribution is 5.85. The maximum atomic E-state index is 9.19. The molecule has 2 rings (SSSR count). The molecule has 1 heterocycles. The molecule has 1 aromatic carbocycles. The maximum absolute atomic E-state index is 9.19. The lowest BCUT2D eigenvalue weighted by atomic mass is 10.3. The number of ether oxygens (including phenoxy) is 2. The number of phenolic OH excluding ortho intramolecular Hbond substituents is 1. The molecule has 3 nitrogen and oxygen atoms in total. The molecule has 0 fully saturated rings. The highest BCUT2D eigenvalue weighted by Crippen LogP contribution is 2.57. The normalized spacial score (nSPS) is 10.9. The molecular formula is C10H13ClO3. The fourth-order valence-corrected chi connectivity index (χ4v) is 1.15. The van der Waals surface area contributed by atoms with Crippen molar-refractivity contribution in [1.82, 2.24) is 0 Å². The predicted octanol–water partition coefficient (Wildman–Crippen LogP) is 3.10. The minimum Gasteiger partial charge on any atom is -0.504 e. The van der Waals surface area contributed by atoms with E-state index in [1.165, 1.54) is 0 Å².